The molecular weight excluding hydrogens is 336 g/mol. The number of nitrogens with one attached hydrogen (secondary N) is 1. The van der Waals surface area contributed by atoms with Crippen molar-refractivity contribution in [1.82, 2.24) is 15.2 Å². The Hall–Kier alpha value is -3.09. The zero-order valence-corrected chi connectivity index (χ0v) is 14.5. The molecule has 0 atom stereocenters. The lowest BCUT2D eigenvalue weighted by Crippen LogP contribution is -2.32. The van der Waals surface area contributed by atoms with Gasteiger partial charge in [0.15, 0.2) is 5.82 Å². The second-order valence-electron chi connectivity index (χ2n) is 6.10. The highest BCUT2D eigenvalue weighted by atomic mass is 19.1. The van der Waals surface area contributed by atoms with Gasteiger partial charge in [-0.3, -0.25) is 0 Å². The maximum Gasteiger partial charge on any atom is 0.247 e. The molecule has 5 nitrogen and oxygen atoms in total. The van der Waals surface area contributed by atoms with Gasteiger partial charge in [-0.05, 0) is 31.5 Å². The fourth-order valence-corrected chi connectivity index (χ4v) is 2.47. The molecule has 0 fully saturated rings. The van der Waals surface area contributed by atoms with Gasteiger partial charge in [-0.15, -0.1) is 5.10 Å². The molecule has 7 heteroatoms. The van der Waals surface area contributed by atoms with Gasteiger partial charge in [0.25, 0.3) is 0 Å². The summed E-state index contributed by atoms with van der Waals surface area (Å²) >= 11 is 0. The van der Waals surface area contributed by atoms with Gasteiger partial charge in [0, 0.05) is 18.7 Å². The van der Waals surface area contributed by atoms with Gasteiger partial charge in [-0.2, -0.15) is 10.1 Å². The van der Waals surface area contributed by atoms with Crippen LogP contribution >= 0.6 is 0 Å². The van der Waals surface area contributed by atoms with Gasteiger partial charge in [-0.25, -0.2) is 8.78 Å². The number of benzene rings is 2. The predicted octanol–water partition coefficient (Wildman–Crippen LogP) is 4.31. The van der Waals surface area contributed by atoms with Gasteiger partial charge in [0.2, 0.25) is 5.95 Å². The molecule has 0 aliphatic rings. The lowest BCUT2D eigenvalue weighted by molar-refractivity contribution is 0.586. The average molecular weight is 355 g/mol. The quantitative estimate of drug-likeness (QED) is 0.714. The van der Waals surface area contributed by atoms with Gasteiger partial charge >= 0.3 is 0 Å². The van der Waals surface area contributed by atoms with E-state index in [1.807, 2.05) is 49.1 Å². The predicted molar refractivity (Wildman–Crippen MR) is 97.2 cm³/mol. The molecule has 26 heavy (non-hydrogen) atoms. The Morgan fingerprint density at radius 2 is 1.85 bits per heavy atom. The first kappa shape index (κ1) is 17.7. The van der Waals surface area contributed by atoms with E-state index in [-0.39, 0.29) is 11.7 Å². The molecule has 134 valence electrons. The molecule has 0 saturated carbocycles. The molecule has 0 unspecified atom stereocenters. The summed E-state index contributed by atoms with van der Waals surface area (Å²) in [5.74, 6) is -0.575. The summed E-state index contributed by atoms with van der Waals surface area (Å²) in [5.41, 5.74) is 1.24. The molecule has 3 rings (SSSR count). The zero-order chi connectivity index (χ0) is 18.5. The molecule has 3 aromatic rings. The molecule has 1 aromatic heterocycles. The van der Waals surface area contributed by atoms with Crippen molar-refractivity contribution in [1.29, 1.82) is 0 Å². The van der Waals surface area contributed by atoms with Crippen LogP contribution in [-0.2, 0) is 6.54 Å². The fraction of sp³-hybridized carbons (Fsp3) is 0.211. The third-order valence-corrected chi connectivity index (χ3v) is 3.82. The zero-order valence-electron chi connectivity index (χ0n) is 14.5. The van der Waals surface area contributed by atoms with Crippen LogP contribution < -0.4 is 10.2 Å². The third kappa shape index (κ3) is 4.30. The van der Waals surface area contributed by atoms with Crippen LogP contribution in [0.1, 0.15) is 19.4 Å². The van der Waals surface area contributed by atoms with Crippen molar-refractivity contribution in [3.8, 4) is 0 Å². The van der Waals surface area contributed by atoms with E-state index in [4.69, 9.17) is 0 Å². The molecule has 0 saturated heterocycles. The van der Waals surface area contributed by atoms with E-state index in [1.54, 1.807) is 0 Å². The average Bonchev–Trinajstić information content (AvgIpc) is 2.63. The van der Waals surface area contributed by atoms with E-state index < -0.39 is 11.6 Å². The van der Waals surface area contributed by atoms with E-state index in [0.29, 0.717) is 18.3 Å². The molecule has 0 radical (unpaired) electrons. The SMILES string of the molecule is CC(C)N(Cc1ccccc1)c1nncc(Nc2ccc(F)cc2F)n1. The van der Waals surface area contributed by atoms with E-state index in [1.165, 1.54) is 18.3 Å². The van der Waals surface area contributed by atoms with E-state index in [0.717, 1.165) is 11.6 Å². The van der Waals surface area contributed by atoms with Crippen LogP contribution in [0.25, 0.3) is 0 Å². The summed E-state index contributed by atoms with van der Waals surface area (Å²) in [6.45, 7) is 4.69. The Labute approximate surface area is 150 Å². The fourth-order valence-electron chi connectivity index (χ4n) is 2.47. The van der Waals surface area contributed by atoms with Crippen molar-refractivity contribution >= 4 is 17.5 Å². The highest BCUT2D eigenvalue weighted by Crippen LogP contribution is 2.21. The summed E-state index contributed by atoms with van der Waals surface area (Å²) in [6, 6.07) is 13.4. The van der Waals surface area contributed by atoms with Crippen LogP contribution in [-0.4, -0.2) is 21.2 Å². The Morgan fingerprint density at radius 3 is 2.54 bits per heavy atom. The minimum absolute atomic E-state index is 0.122. The van der Waals surface area contributed by atoms with Gasteiger partial charge < -0.3 is 10.2 Å². The van der Waals surface area contributed by atoms with Gasteiger partial charge in [-0.1, -0.05) is 30.3 Å². The molecule has 0 aliphatic heterocycles. The van der Waals surface area contributed by atoms with Gasteiger partial charge in [0.05, 0.1) is 11.9 Å². The maximum absolute atomic E-state index is 13.8. The second-order valence-corrected chi connectivity index (χ2v) is 6.10. The molecule has 1 heterocycles. The number of hydrogen-bond donors (Lipinski definition) is 1. The summed E-state index contributed by atoms with van der Waals surface area (Å²) < 4.78 is 26.9. The van der Waals surface area contributed by atoms with Crippen molar-refractivity contribution in [2.24, 2.45) is 0 Å². The van der Waals surface area contributed by atoms with Crippen LogP contribution in [0.15, 0.2) is 54.7 Å². The smallest absolute Gasteiger partial charge is 0.247 e. The highest BCUT2D eigenvalue weighted by molar-refractivity contribution is 5.57. The monoisotopic (exact) mass is 355 g/mol. The number of halogens is 2. The van der Waals surface area contributed by atoms with Crippen LogP contribution in [0.3, 0.4) is 0 Å². The maximum atomic E-state index is 13.8. The second kappa shape index (κ2) is 7.86. The minimum Gasteiger partial charge on any atom is -0.336 e. The van der Waals surface area contributed by atoms with Crippen LogP contribution in [0.2, 0.25) is 0 Å². The lowest BCUT2D eigenvalue weighted by Gasteiger charge is -2.26. The van der Waals surface area contributed by atoms with Gasteiger partial charge in [0.1, 0.15) is 11.6 Å². The highest BCUT2D eigenvalue weighted by Gasteiger charge is 2.16. The largest absolute Gasteiger partial charge is 0.336 e. The van der Waals surface area contributed by atoms with Crippen LogP contribution in [0.4, 0.5) is 26.2 Å². The molecule has 2 aromatic carbocycles. The Morgan fingerprint density at radius 1 is 1.08 bits per heavy atom. The Kier molecular flexibility index (Phi) is 5.36. The Balaban J connectivity index is 1.84. The molecule has 0 aliphatic carbocycles. The van der Waals surface area contributed by atoms with Crippen LogP contribution in [0, 0.1) is 11.6 Å². The molecular formula is C19H19F2N5. The first-order valence-corrected chi connectivity index (χ1v) is 8.25. The lowest BCUT2D eigenvalue weighted by atomic mass is 10.2. The van der Waals surface area contributed by atoms with E-state index in [2.05, 4.69) is 20.5 Å². The molecule has 0 bridgehead atoms. The normalized spacial score (nSPS) is 10.8. The number of rotatable bonds is 6. The van der Waals surface area contributed by atoms with Crippen LogP contribution in [0.5, 0.6) is 0 Å². The number of anilines is 3. The van der Waals surface area contributed by atoms with Crippen molar-refractivity contribution in [2.75, 3.05) is 10.2 Å². The number of hydrogen-bond acceptors (Lipinski definition) is 5. The Bertz CT molecular complexity index is 871. The first-order valence-electron chi connectivity index (χ1n) is 8.25. The standard InChI is InChI=1S/C19H19F2N5/c1-13(2)26(12-14-6-4-3-5-7-14)19-24-18(11-22-25-19)23-17-9-8-15(20)10-16(17)21/h3-11,13H,12H2,1-2H3,(H,23,24,25). The van der Waals surface area contributed by atoms with Crippen molar-refractivity contribution in [2.45, 2.75) is 26.4 Å². The van der Waals surface area contributed by atoms with Crippen molar-refractivity contribution in [3.63, 3.8) is 0 Å². The summed E-state index contributed by atoms with van der Waals surface area (Å²) in [7, 11) is 0. The molecule has 0 spiro atoms. The van der Waals surface area contributed by atoms with E-state index >= 15 is 0 Å². The summed E-state index contributed by atoms with van der Waals surface area (Å²) in [4.78, 5) is 6.42. The van der Waals surface area contributed by atoms with Crippen molar-refractivity contribution in [3.05, 3.63) is 71.9 Å². The molecule has 0 amide bonds. The molecule has 1 N–H and O–H groups in total. The summed E-state index contributed by atoms with van der Waals surface area (Å²) in [6.07, 6.45) is 1.40. The topological polar surface area (TPSA) is 53.9 Å². The van der Waals surface area contributed by atoms with Crippen molar-refractivity contribution < 1.29 is 8.78 Å². The minimum atomic E-state index is -0.699. The number of aromatic nitrogens is 3. The van der Waals surface area contributed by atoms with E-state index in [9.17, 15) is 8.78 Å². The third-order valence-electron chi connectivity index (χ3n) is 3.82. The first-order chi connectivity index (χ1) is 12.5. The number of nitrogens with zero attached hydrogens (tertiary/aromatic N) is 4. The summed E-state index contributed by atoms with van der Waals surface area (Å²) in [5, 5.41) is 10.9.